The van der Waals surface area contributed by atoms with Crippen molar-refractivity contribution >= 4 is 17.6 Å². The molecule has 1 saturated heterocycles. The van der Waals surface area contributed by atoms with E-state index >= 15 is 0 Å². The summed E-state index contributed by atoms with van der Waals surface area (Å²) in [5.41, 5.74) is 2.35. The largest absolute Gasteiger partial charge is 0.497 e. The maximum Gasteiger partial charge on any atom is 0.314 e. The number of amides is 2. The highest BCUT2D eigenvalue weighted by molar-refractivity contribution is 6.30. The first-order chi connectivity index (χ1) is 13.7. The van der Waals surface area contributed by atoms with Crippen molar-refractivity contribution in [1.29, 1.82) is 0 Å². The lowest BCUT2D eigenvalue weighted by atomic mass is 10.1. The van der Waals surface area contributed by atoms with Gasteiger partial charge < -0.3 is 15.4 Å². The molecule has 0 radical (unpaired) electrons. The van der Waals surface area contributed by atoms with E-state index in [1.165, 1.54) is 18.4 Å². The lowest BCUT2D eigenvalue weighted by Crippen LogP contribution is -2.42. The topological polar surface area (TPSA) is 53.6 Å². The van der Waals surface area contributed by atoms with Gasteiger partial charge in [-0.3, -0.25) is 4.90 Å². The predicted octanol–water partition coefficient (Wildman–Crippen LogP) is 4.03. The van der Waals surface area contributed by atoms with E-state index in [0.29, 0.717) is 13.1 Å². The number of carbonyl (C=O) groups excluding carboxylic acids is 1. The first-order valence-corrected chi connectivity index (χ1v) is 10.2. The lowest BCUT2D eigenvalue weighted by molar-refractivity contribution is 0.221. The van der Waals surface area contributed by atoms with Gasteiger partial charge in [0.1, 0.15) is 5.75 Å². The molecule has 5 nitrogen and oxygen atoms in total. The molecular weight excluding hydrogens is 374 g/mol. The van der Waals surface area contributed by atoms with Crippen molar-refractivity contribution in [2.75, 3.05) is 33.3 Å². The number of methoxy groups -OCH3 is 1. The standard InChI is InChI=1S/C22H28ClN3O2/c1-28-20-10-6-18(7-11-20)21(26-14-2-3-15-26)16-25-22(27)24-13-12-17-4-8-19(23)9-5-17/h4-11,21H,2-3,12-16H2,1H3,(H2,24,25,27). The van der Waals surface area contributed by atoms with E-state index in [1.807, 2.05) is 36.4 Å². The van der Waals surface area contributed by atoms with Gasteiger partial charge in [-0.1, -0.05) is 35.9 Å². The third kappa shape index (κ3) is 5.88. The first-order valence-electron chi connectivity index (χ1n) is 9.80. The maximum atomic E-state index is 12.3. The Balaban J connectivity index is 1.50. The van der Waals surface area contributed by atoms with Gasteiger partial charge in [-0.15, -0.1) is 0 Å². The minimum Gasteiger partial charge on any atom is -0.497 e. The fraction of sp³-hybridized carbons (Fsp3) is 0.409. The summed E-state index contributed by atoms with van der Waals surface area (Å²) < 4.78 is 5.26. The number of carbonyl (C=O) groups is 1. The number of halogens is 1. The van der Waals surface area contributed by atoms with Crippen molar-refractivity contribution in [3.8, 4) is 5.75 Å². The van der Waals surface area contributed by atoms with Gasteiger partial charge in [-0.05, 0) is 67.7 Å². The Kier molecular flexibility index (Phi) is 7.57. The molecule has 28 heavy (non-hydrogen) atoms. The van der Waals surface area contributed by atoms with Crippen LogP contribution >= 0.6 is 11.6 Å². The van der Waals surface area contributed by atoms with Crippen LogP contribution < -0.4 is 15.4 Å². The highest BCUT2D eigenvalue weighted by Crippen LogP contribution is 2.26. The summed E-state index contributed by atoms with van der Waals surface area (Å²) in [4.78, 5) is 14.7. The van der Waals surface area contributed by atoms with Crippen LogP contribution in [0.5, 0.6) is 5.75 Å². The Bertz CT molecular complexity index is 743. The van der Waals surface area contributed by atoms with Crippen LogP contribution in [0.4, 0.5) is 4.79 Å². The Labute approximate surface area is 172 Å². The van der Waals surface area contributed by atoms with E-state index in [1.54, 1.807) is 7.11 Å². The van der Waals surface area contributed by atoms with Crippen LogP contribution in [0.2, 0.25) is 5.02 Å². The van der Waals surface area contributed by atoms with Crippen molar-refractivity contribution in [2.45, 2.75) is 25.3 Å². The minimum atomic E-state index is -0.133. The number of urea groups is 1. The number of nitrogens with zero attached hydrogens (tertiary/aromatic N) is 1. The fourth-order valence-electron chi connectivity index (χ4n) is 3.56. The summed E-state index contributed by atoms with van der Waals surface area (Å²) in [7, 11) is 1.67. The Morgan fingerprint density at radius 1 is 1.07 bits per heavy atom. The van der Waals surface area contributed by atoms with Crippen LogP contribution in [-0.4, -0.2) is 44.2 Å². The molecule has 1 aliphatic heterocycles. The van der Waals surface area contributed by atoms with Crippen LogP contribution in [-0.2, 0) is 6.42 Å². The zero-order valence-corrected chi connectivity index (χ0v) is 17.0. The average Bonchev–Trinajstić information content (AvgIpc) is 3.25. The maximum absolute atomic E-state index is 12.3. The van der Waals surface area contributed by atoms with Gasteiger partial charge in [0.05, 0.1) is 13.2 Å². The number of hydrogen-bond donors (Lipinski definition) is 2. The van der Waals surface area contributed by atoms with Gasteiger partial charge in [-0.25, -0.2) is 4.79 Å². The van der Waals surface area contributed by atoms with Gasteiger partial charge in [0.25, 0.3) is 0 Å². The number of benzene rings is 2. The highest BCUT2D eigenvalue weighted by Gasteiger charge is 2.24. The third-order valence-electron chi connectivity index (χ3n) is 5.15. The van der Waals surface area contributed by atoms with Crippen molar-refractivity contribution in [3.05, 3.63) is 64.7 Å². The molecule has 1 heterocycles. The molecule has 1 atom stereocenters. The molecule has 1 aliphatic rings. The number of nitrogens with one attached hydrogen (secondary N) is 2. The van der Waals surface area contributed by atoms with Crippen LogP contribution in [0.25, 0.3) is 0 Å². The lowest BCUT2D eigenvalue weighted by Gasteiger charge is -2.28. The van der Waals surface area contributed by atoms with Gasteiger partial charge in [0.2, 0.25) is 0 Å². The monoisotopic (exact) mass is 401 g/mol. The molecule has 2 N–H and O–H groups in total. The van der Waals surface area contributed by atoms with Crippen molar-refractivity contribution in [1.82, 2.24) is 15.5 Å². The Hall–Kier alpha value is -2.24. The molecule has 150 valence electrons. The van der Waals surface area contributed by atoms with Crippen molar-refractivity contribution in [3.63, 3.8) is 0 Å². The summed E-state index contributed by atoms with van der Waals surface area (Å²) in [6.07, 6.45) is 3.19. The molecule has 0 saturated carbocycles. The van der Waals surface area contributed by atoms with Gasteiger partial charge in [0, 0.05) is 18.1 Å². The number of ether oxygens (including phenoxy) is 1. The molecule has 2 aromatic carbocycles. The summed E-state index contributed by atoms with van der Waals surface area (Å²) in [6.45, 7) is 3.30. The Morgan fingerprint density at radius 3 is 2.39 bits per heavy atom. The molecule has 2 amide bonds. The van der Waals surface area contributed by atoms with E-state index in [9.17, 15) is 4.79 Å². The zero-order chi connectivity index (χ0) is 19.8. The molecule has 1 fully saturated rings. The smallest absolute Gasteiger partial charge is 0.314 e. The minimum absolute atomic E-state index is 0.133. The Morgan fingerprint density at radius 2 is 1.75 bits per heavy atom. The number of rotatable bonds is 8. The van der Waals surface area contributed by atoms with E-state index in [0.717, 1.165) is 35.8 Å². The number of likely N-dealkylation sites (tertiary alicyclic amines) is 1. The molecule has 6 heteroatoms. The third-order valence-corrected chi connectivity index (χ3v) is 5.40. The molecule has 3 rings (SSSR count). The highest BCUT2D eigenvalue weighted by atomic mass is 35.5. The number of hydrogen-bond acceptors (Lipinski definition) is 3. The van der Waals surface area contributed by atoms with Crippen LogP contribution in [0, 0.1) is 0 Å². The molecule has 1 unspecified atom stereocenters. The quantitative estimate of drug-likeness (QED) is 0.702. The second-order valence-electron chi connectivity index (χ2n) is 7.05. The summed E-state index contributed by atoms with van der Waals surface area (Å²) in [5.74, 6) is 0.844. The predicted molar refractivity (Wildman–Crippen MR) is 113 cm³/mol. The van der Waals surface area contributed by atoms with Crippen LogP contribution in [0.3, 0.4) is 0 Å². The summed E-state index contributed by atoms with van der Waals surface area (Å²) in [6, 6.07) is 15.9. The molecule has 0 aromatic heterocycles. The summed E-state index contributed by atoms with van der Waals surface area (Å²) in [5, 5.41) is 6.70. The fourth-order valence-corrected chi connectivity index (χ4v) is 3.69. The second-order valence-corrected chi connectivity index (χ2v) is 7.48. The zero-order valence-electron chi connectivity index (χ0n) is 16.3. The van der Waals surface area contributed by atoms with Gasteiger partial charge in [-0.2, -0.15) is 0 Å². The van der Waals surface area contributed by atoms with Crippen molar-refractivity contribution in [2.24, 2.45) is 0 Å². The molecule has 2 aromatic rings. The van der Waals surface area contributed by atoms with E-state index in [4.69, 9.17) is 16.3 Å². The SMILES string of the molecule is COc1ccc(C(CNC(=O)NCCc2ccc(Cl)cc2)N2CCCC2)cc1. The molecule has 0 spiro atoms. The van der Waals surface area contributed by atoms with E-state index in [2.05, 4.69) is 27.7 Å². The average molecular weight is 402 g/mol. The van der Waals surface area contributed by atoms with E-state index < -0.39 is 0 Å². The molecule has 0 bridgehead atoms. The molecular formula is C22H28ClN3O2. The van der Waals surface area contributed by atoms with Crippen LogP contribution in [0.1, 0.15) is 30.0 Å². The first kappa shape index (κ1) is 20.5. The van der Waals surface area contributed by atoms with E-state index in [-0.39, 0.29) is 12.1 Å². The van der Waals surface area contributed by atoms with Gasteiger partial charge in [0.15, 0.2) is 0 Å². The summed E-state index contributed by atoms with van der Waals surface area (Å²) >= 11 is 5.90. The van der Waals surface area contributed by atoms with Crippen molar-refractivity contribution < 1.29 is 9.53 Å². The van der Waals surface area contributed by atoms with Gasteiger partial charge >= 0.3 is 6.03 Å². The normalized spacial score (nSPS) is 15.2. The second kappa shape index (κ2) is 10.3. The molecule has 0 aliphatic carbocycles. The van der Waals surface area contributed by atoms with Crippen LogP contribution in [0.15, 0.2) is 48.5 Å².